The normalized spacial score (nSPS) is 17.7. The van der Waals surface area contributed by atoms with Crippen molar-refractivity contribution in [1.29, 1.82) is 0 Å². The molecule has 0 aromatic heterocycles. The molecule has 0 aromatic rings. The molecule has 0 heterocycles. The van der Waals surface area contributed by atoms with Crippen LogP contribution in [0.3, 0.4) is 0 Å². The minimum atomic E-state index is -1.63. The first-order valence-corrected chi connectivity index (χ1v) is 6.15. The molecule has 0 rings (SSSR count). The van der Waals surface area contributed by atoms with Crippen LogP contribution in [0.15, 0.2) is 0 Å². The third-order valence-corrected chi connectivity index (χ3v) is 2.67. The van der Waals surface area contributed by atoms with Crippen molar-refractivity contribution >= 4 is 5.97 Å². The van der Waals surface area contributed by atoms with Gasteiger partial charge in [0.25, 0.3) is 0 Å². The maximum Gasteiger partial charge on any atom is 0.303 e. The van der Waals surface area contributed by atoms with Gasteiger partial charge in [-0.2, -0.15) is 0 Å². The van der Waals surface area contributed by atoms with Crippen molar-refractivity contribution in [2.75, 3.05) is 19.7 Å². The molecule has 8 heteroatoms. The molecule has 8 nitrogen and oxygen atoms in total. The van der Waals surface area contributed by atoms with Gasteiger partial charge < -0.3 is 36.0 Å². The number of aliphatic carboxylic acids is 1. The van der Waals surface area contributed by atoms with Gasteiger partial charge in [-0.1, -0.05) is 0 Å². The van der Waals surface area contributed by atoms with Crippen molar-refractivity contribution < 1.29 is 35.4 Å². The van der Waals surface area contributed by atoms with Gasteiger partial charge in [0.2, 0.25) is 0 Å². The number of rotatable bonds is 11. The standard InChI is InChI=1S/C11H23NO7/c13-6-8(15)11(19)10(18)7(14)5-12-4-2-1-3-9(16)17/h7-8,10-15,18-19H,1-6H2,(H,16,17). The van der Waals surface area contributed by atoms with Crippen molar-refractivity contribution in [3.63, 3.8) is 0 Å². The zero-order chi connectivity index (χ0) is 14.8. The molecule has 7 N–H and O–H groups in total. The van der Waals surface area contributed by atoms with Crippen LogP contribution in [0.4, 0.5) is 0 Å². The first-order chi connectivity index (χ1) is 8.90. The third kappa shape index (κ3) is 8.09. The van der Waals surface area contributed by atoms with Crippen LogP contribution in [0.2, 0.25) is 0 Å². The lowest BCUT2D eigenvalue weighted by Gasteiger charge is -2.25. The van der Waals surface area contributed by atoms with E-state index < -0.39 is 37.0 Å². The van der Waals surface area contributed by atoms with Crippen LogP contribution < -0.4 is 5.32 Å². The fourth-order valence-electron chi connectivity index (χ4n) is 1.46. The highest BCUT2D eigenvalue weighted by Gasteiger charge is 2.29. The van der Waals surface area contributed by atoms with Crippen molar-refractivity contribution in [2.24, 2.45) is 0 Å². The van der Waals surface area contributed by atoms with E-state index in [0.29, 0.717) is 19.4 Å². The van der Waals surface area contributed by atoms with Crippen LogP contribution in [0, 0.1) is 0 Å². The van der Waals surface area contributed by atoms with Gasteiger partial charge in [-0.25, -0.2) is 0 Å². The summed E-state index contributed by atoms with van der Waals surface area (Å²) in [6.07, 6.45) is -4.82. The summed E-state index contributed by atoms with van der Waals surface area (Å²) in [6, 6.07) is 0. The zero-order valence-corrected chi connectivity index (χ0v) is 10.6. The summed E-state index contributed by atoms with van der Waals surface area (Å²) >= 11 is 0. The largest absolute Gasteiger partial charge is 0.481 e. The fraction of sp³-hybridized carbons (Fsp3) is 0.909. The molecule has 0 bridgehead atoms. The van der Waals surface area contributed by atoms with Gasteiger partial charge in [-0.3, -0.25) is 4.79 Å². The topological polar surface area (TPSA) is 150 Å². The number of hydrogen-bond acceptors (Lipinski definition) is 7. The fourth-order valence-corrected chi connectivity index (χ4v) is 1.46. The quantitative estimate of drug-likeness (QED) is 0.202. The molecule has 114 valence electrons. The van der Waals surface area contributed by atoms with Crippen LogP contribution in [0.5, 0.6) is 0 Å². The highest BCUT2D eigenvalue weighted by Crippen LogP contribution is 2.04. The number of carboxylic acid groups (broad SMARTS) is 1. The lowest BCUT2D eigenvalue weighted by Crippen LogP contribution is -2.49. The summed E-state index contributed by atoms with van der Waals surface area (Å²) in [4.78, 5) is 10.2. The van der Waals surface area contributed by atoms with Crippen molar-refractivity contribution in [3.05, 3.63) is 0 Å². The molecule has 0 aromatic carbocycles. The SMILES string of the molecule is O=C(O)CCCCNCC(O)C(O)C(O)C(O)CO. The Labute approximate surface area is 111 Å². The second-order valence-corrected chi connectivity index (χ2v) is 4.35. The van der Waals surface area contributed by atoms with Gasteiger partial charge in [0.15, 0.2) is 0 Å². The molecule has 0 fully saturated rings. The summed E-state index contributed by atoms with van der Waals surface area (Å²) in [7, 11) is 0. The van der Waals surface area contributed by atoms with E-state index in [2.05, 4.69) is 5.32 Å². The zero-order valence-electron chi connectivity index (χ0n) is 10.6. The van der Waals surface area contributed by atoms with Gasteiger partial charge >= 0.3 is 5.97 Å². The minimum absolute atomic E-state index is 0.0105. The van der Waals surface area contributed by atoms with Gasteiger partial charge in [-0.05, 0) is 19.4 Å². The van der Waals surface area contributed by atoms with Crippen LogP contribution >= 0.6 is 0 Å². The Morgan fingerprint density at radius 2 is 1.58 bits per heavy atom. The lowest BCUT2D eigenvalue weighted by molar-refractivity contribution is -0.137. The van der Waals surface area contributed by atoms with Crippen molar-refractivity contribution in [1.82, 2.24) is 5.32 Å². The predicted octanol–water partition coefficient (Wildman–Crippen LogP) is -2.73. The molecule has 19 heavy (non-hydrogen) atoms. The molecule has 0 aliphatic heterocycles. The molecule has 0 aliphatic carbocycles. The number of aliphatic hydroxyl groups excluding tert-OH is 5. The Kier molecular flexibility index (Phi) is 9.66. The van der Waals surface area contributed by atoms with E-state index in [1.807, 2.05) is 0 Å². The Morgan fingerprint density at radius 3 is 2.11 bits per heavy atom. The van der Waals surface area contributed by atoms with Crippen LogP contribution in [-0.4, -0.2) is 80.7 Å². The average Bonchev–Trinajstić information content (AvgIpc) is 2.39. The summed E-state index contributed by atoms with van der Waals surface area (Å²) in [5.74, 6) is -0.864. The van der Waals surface area contributed by atoms with E-state index in [-0.39, 0.29) is 13.0 Å². The average molecular weight is 281 g/mol. The second-order valence-electron chi connectivity index (χ2n) is 4.35. The van der Waals surface area contributed by atoms with E-state index >= 15 is 0 Å². The Hall–Kier alpha value is -0.770. The number of nitrogens with one attached hydrogen (secondary N) is 1. The molecule has 0 spiro atoms. The highest BCUT2D eigenvalue weighted by atomic mass is 16.4. The molecule has 4 atom stereocenters. The molecule has 0 aliphatic rings. The summed E-state index contributed by atoms with van der Waals surface area (Å²) in [5, 5.41) is 57.2. The van der Waals surface area contributed by atoms with Crippen molar-refractivity contribution in [2.45, 2.75) is 43.7 Å². The second kappa shape index (κ2) is 10.1. The first kappa shape index (κ1) is 18.2. The van der Waals surface area contributed by atoms with Crippen molar-refractivity contribution in [3.8, 4) is 0 Å². The number of carbonyl (C=O) groups is 1. The molecule has 0 amide bonds. The number of hydrogen-bond donors (Lipinski definition) is 7. The summed E-state index contributed by atoms with van der Waals surface area (Å²) < 4.78 is 0. The Bertz CT molecular complexity index is 251. The maximum absolute atomic E-state index is 10.2. The van der Waals surface area contributed by atoms with Gasteiger partial charge in [0, 0.05) is 13.0 Å². The third-order valence-electron chi connectivity index (χ3n) is 2.67. The number of unbranched alkanes of at least 4 members (excludes halogenated alkanes) is 1. The Balaban J connectivity index is 3.73. The van der Waals surface area contributed by atoms with Crippen LogP contribution in [0.1, 0.15) is 19.3 Å². The smallest absolute Gasteiger partial charge is 0.303 e. The molecule has 0 saturated carbocycles. The van der Waals surface area contributed by atoms with Crippen LogP contribution in [0.25, 0.3) is 0 Å². The monoisotopic (exact) mass is 281 g/mol. The van der Waals surface area contributed by atoms with E-state index in [9.17, 15) is 20.1 Å². The van der Waals surface area contributed by atoms with Crippen LogP contribution in [-0.2, 0) is 4.79 Å². The maximum atomic E-state index is 10.2. The summed E-state index contributed by atoms with van der Waals surface area (Å²) in [6.45, 7) is -0.257. The number of carboxylic acids is 1. The van der Waals surface area contributed by atoms with E-state index in [1.165, 1.54) is 0 Å². The van der Waals surface area contributed by atoms with E-state index in [1.54, 1.807) is 0 Å². The molecule has 4 unspecified atom stereocenters. The Morgan fingerprint density at radius 1 is 1.00 bits per heavy atom. The highest BCUT2D eigenvalue weighted by molar-refractivity contribution is 5.66. The minimum Gasteiger partial charge on any atom is -0.481 e. The van der Waals surface area contributed by atoms with E-state index in [4.69, 9.17) is 15.3 Å². The summed E-state index contributed by atoms with van der Waals surface area (Å²) in [5.41, 5.74) is 0. The van der Waals surface area contributed by atoms with Gasteiger partial charge in [-0.15, -0.1) is 0 Å². The lowest BCUT2D eigenvalue weighted by atomic mass is 10.0. The molecular weight excluding hydrogens is 258 g/mol. The molecule has 0 saturated heterocycles. The predicted molar refractivity (Wildman–Crippen MR) is 65.5 cm³/mol. The molecular formula is C11H23NO7. The van der Waals surface area contributed by atoms with E-state index in [0.717, 1.165) is 0 Å². The van der Waals surface area contributed by atoms with Gasteiger partial charge in [0.1, 0.15) is 18.3 Å². The molecule has 0 radical (unpaired) electrons. The van der Waals surface area contributed by atoms with Gasteiger partial charge in [0.05, 0.1) is 12.7 Å². The number of aliphatic hydroxyl groups is 5. The first-order valence-electron chi connectivity index (χ1n) is 6.15.